The fraction of sp³-hybridized carbons (Fsp3) is 0.286. The zero-order valence-electron chi connectivity index (χ0n) is 11.5. The highest BCUT2D eigenvalue weighted by atomic mass is 35.5. The molecule has 0 aromatic heterocycles. The van der Waals surface area contributed by atoms with Crippen molar-refractivity contribution in [2.24, 2.45) is 5.16 Å². The van der Waals surface area contributed by atoms with E-state index in [0.717, 1.165) is 4.90 Å². The Morgan fingerprint density at radius 2 is 2.00 bits per heavy atom. The highest BCUT2D eigenvalue weighted by molar-refractivity contribution is 6.38. The quantitative estimate of drug-likeness (QED) is 0.605. The van der Waals surface area contributed by atoms with E-state index in [1.807, 2.05) is 0 Å². The van der Waals surface area contributed by atoms with Crippen molar-refractivity contribution in [2.75, 3.05) is 12.0 Å². The Morgan fingerprint density at radius 3 is 2.64 bits per heavy atom. The molecule has 0 unspecified atom stereocenters. The van der Waals surface area contributed by atoms with Gasteiger partial charge >= 0.3 is 5.97 Å². The number of methoxy groups -OCH3 is 1. The van der Waals surface area contributed by atoms with Crippen LogP contribution in [0.4, 0.5) is 5.69 Å². The molecule has 1 saturated heterocycles. The molecule has 22 heavy (non-hydrogen) atoms. The summed E-state index contributed by atoms with van der Waals surface area (Å²) < 4.78 is 4.55. The Balaban J connectivity index is 1.87. The van der Waals surface area contributed by atoms with E-state index in [-0.39, 0.29) is 18.6 Å². The molecule has 1 fully saturated rings. The highest BCUT2D eigenvalue weighted by Gasteiger charge is 2.58. The van der Waals surface area contributed by atoms with Gasteiger partial charge in [-0.1, -0.05) is 16.8 Å². The lowest BCUT2D eigenvalue weighted by Gasteiger charge is -2.19. The van der Waals surface area contributed by atoms with Gasteiger partial charge < -0.3 is 9.57 Å². The third-order valence-corrected chi connectivity index (χ3v) is 3.82. The van der Waals surface area contributed by atoms with Crippen LogP contribution in [0.3, 0.4) is 0 Å². The first-order valence-electron chi connectivity index (χ1n) is 6.43. The molecule has 1 aromatic rings. The van der Waals surface area contributed by atoms with Crippen molar-refractivity contribution < 1.29 is 24.0 Å². The number of carbonyl (C=O) groups excluding carboxylic acids is 3. The standard InChI is InChI=1S/C14H11ClN2O5/c1-21-12(19)10-6-14(22-16-10)7-11(18)17(13(14)20)9-4-2-8(15)3-5-9/h2-5H,6-7H2,1H3/t14-/m1/s1. The molecule has 2 heterocycles. The first-order valence-corrected chi connectivity index (χ1v) is 6.81. The average molecular weight is 323 g/mol. The largest absolute Gasteiger partial charge is 0.464 e. The third-order valence-electron chi connectivity index (χ3n) is 3.57. The van der Waals surface area contributed by atoms with Crippen LogP contribution in [0.2, 0.25) is 5.02 Å². The van der Waals surface area contributed by atoms with E-state index in [2.05, 4.69) is 9.89 Å². The van der Waals surface area contributed by atoms with Crippen LogP contribution in [-0.2, 0) is 24.0 Å². The topological polar surface area (TPSA) is 85.3 Å². The summed E-state index contributed by atoms with van der Waals surface area (Å²) >= 11 is 5.80. The van der Waals surface area contributed by atoms with Gasteiger partial charge in [0.1, 0.15) is 0 Å². The SMILES string of the molecule is COC(=O)C1=NO[C@@]2(CC(=O)N(c3ccc(Cl)cc3)C2=O)C1. The van der Waals surface area contributed by atoms with Crippen LogP contribution in [0.5, 0.6) is 0 Å². The van der Waals surface area contributed by atoms with Crippen molar-refractivity contribution in [3.05, 3.63) is 29.3 Å². The Labute approximate surface area is 130 Å². The first-order chi connectivity index (χ1) is 10.5. The van der Waals surface area contributed by atoms with Crippen molar-refractivity contribution in [1.29, 1.82) is 0 Å². The molecule has 0 bridgehead atoms. The Kier molecular flexibility index (Phi) is 3.37. The van der Waals surface area contributed by atoms with Crippen LogP contribution >= 0.6 is 11.6 Å². The highest BCUT2D eigenvalue weighted by Crippen LogP contribution is 2.38. The summed E-state index contributed by atoms with van der Waals surface area (Å²) in [6.45, 7) is 0. The molecule has 2 aliphatic heterocycles. The first kappa shape index (κ1) is 14.5. The number of halogens is 1. The number of anilines is 1. The predicted octanol–water partition coefficient (Wildman–Crippen LogP) is 1.29. The van der Waals surface area contributed by atoms with Gasteiger partial charge in [-0.25, -0.2) is 9.69 Å². The molecular weight excluding hydrogens is 312 g/mol. The summed E-state index contributed by atoms with van der Waals surface area (Å²) in [5.41, 5.74) is -1.08. The van der Waals surface area contributed by atoms with Crippen LogP contribution in [-0.4, -0.2) is 36.2 Å². The number of nitrogens with zero attached hydrogens (tertiary/aromatic N) is 2. The van der Waals surface area contributed by atoms with Gasteiger partial charge in [-0.05, 0) is 24.3 Å². The van der Waals surface area contributed by atoms with Gasteiger partial charge in [0.05, 0.1) is 25.6 Å². The normalized spacial score (nSPS) is 23.7. The molecule has 0 radical (unpaired) electrons. The van der Waals surface area contributed by atoms with Crippen molar-refractivity contribution >= 4 is 40.8 Å². The maximum Gasteiger partial charge on any atom is 0.356 e. The van der Waals surface area contributed by atoms with E-state index in [0.29, 0.717) is 10.7 Å². The van der Waals surface area contributed by atoms with Crippen LogP contribution in [0.1, 0.15) is 12.8 Å². The minimum Gasteiger partial charge on any atom is -0.464 e. The number of hydrogen-bond donors (Lipinski definition) is 0. The fourth-order valence-corrected chi connectivity index (χ4v) is 2.61. The van der Waals surface area contributed by atoms with E-state index in [4.69, 9.17) is 16.4 Å². The lowest BCUT2D eigenvalue weighted by Crippen LogP contribution is -2.41. The Hall–Kier alpha value is -2.41. The van der Waals surface area contributed by atoms with E-state index in [1.54, 1.807) is 24.3 Å². The molecular formula is C14H11ClN2O5. The van der Waals surface area contributed by atoms with Crippen molar-refractivity contribution in [3.63, 3.8) is 0 Å². The summed E-state index contributed by atoms with van der Waals surface area (Å²) in [4.78, 5) is 42.4. The maximum atomic E-state index is 12.6. The molecule has 114 valence electrons. The molecule has 0 aliphatic carbocycles. The number of amides is 2. The van der Waals surface area contributed by atoms with E-state index in [1.165, 1.54) is 7.11 Å². The van der Waals surface area contributed by atoms with Gasteiger partial charge in [-0.15, -0.1) is 0 Å². The van der Waals surface area contributed by atoms with Gasteiger partial charge in [-0.3, -0.25) is 9.59 Å². The van der Waals surface area contributed by atoms with Crippen molar-refractivity contribution in [2.45, 2.75) is 18.4 Å². The molecule has 0 N–H and O–H groups in total. The minimum absolute atomic E-state index is 0.0124. The lowest BCUT2D eigenvalue weighted by atomic mass is 9.95. The zero-order valence-corrected chi connectivity index (χ0v) is 12.3. The molecule has 0 saturated carbocycles. The lowest BCUT2D eigenvalue weighted by molar-refractivity contribution is -0.136. The minimum atomic E-state index is -1.46. The number of carbonyl (C=O) groups is 3. The number of rotatable bonds is 2. The number of ether oxygens (including phenoxy) is 1. The van der Waals surface area contributed by atoms with Crippen LogP contribution in [0.15, 0.2) is 29.4 Å². The van der Waals surface area contributed by atoms with Crippen LogP contribution in [0, 0.1) is 0 Å². The Morgan fingerprint density at radius 1 is 1.32 bits per heavy atom. The zero-order chi connectivity index (χ0) is 15.9. The van der Waals surface area contributed by atoms with Crippen LogP contribution in [0.25, 0.3) is 0 Å². The summed E-state index contributed by atoms with van der Waals surface area (Å²) in [5, 5.41) is 4.08. The molecule has 2 aliphatic rings. The molecule has 7 nitrogen and oxygen atoms in total. The second kappa shape index (κ2) is 5.10. The number of esters is 1. The van der Waals surface area contributed by atoms with E-state index in [9.17, 15) is 14.4 Å². The smallest absolute Gasteiger partial charge is 0.356 e. The number of imide groups is 1. The summed E-state index contributed by atoms with van der Waals surface area (Å²) in [5.74, 6) is -1.65. The van der Waals surface area contributed by atoms with Gasteiger partial charge in [0.15, 0.2) is 5.71 Å². The van der Waals surface area contributed by atoms with E-state index < -0.39 is 23.4 Å². The predicted molar refractivity (Wildman–Crippen MR) is 76.4 cm³/mol. The molecule has 1 spiro atoms. The summed E-state index contributed by atoms with van der Waals surface area (Å²) in [6, 6.07) is 6.28. The third kappa shape index (κ3) is 2.14. The number of oxime groups is 1. The number of hydrogen-bond acceptors (Lipinski definition) is 6. The second-order valence-electron chi connectivity index (χ2n) is 4.98. The molecule has 3 rings (SSSR count). The maximum absolute atomic E-state index is 12.6. The second-order valence-corrected chi connectivity index (χ2v) is 5.42. The van der Waals surface area contributed by atoms with Gasteiger partial charge in [0.25, 0.3) is 5.91 Å². The van der Waals surface area contributed by atoms with Crippen molar-refractivity contribution in [1.82, 2.24) is 0 Å². The molecule has 8 heteroatoms. The molecule has 2 amide bonds. The summed E-state index contributed by atoms with van der Waals surface area (Å²) in [6.07, 6.45) is -0.271. The van der Waals surface area contributed by atoms with Crippen molar-refractivity contribution in [3.8, 4) is 0 Å². The monoisotopic (exact) mass is 322 g/mol. The average Bonchev–Trinajstić information content (AvgIpc) is 3.03. The van der Waals surface area contributed by atoms with Crippen LogP contribution < -0.4 is 4.90 Å². The fourth-order valence-electron chi connectivity index (χ4n) is 2.48. The van der Waals surface area contributed by atoms with Gasteiger partial charge in [0.2, 0.25) is 11.5 Å². The molecule has 1 aromatic carbocycles. The summed E-state index contributed by atoms with van der Waals surface area (Å²) in [7, 11) is 1.21. The number of benzene rings is 1. The van der Waals surface area contributed by atoms with Gasteiger partial charge in [-0.2, -0.15) is 0 Å². The molecule has 1 atom stereocenters. The Bertz CT molecular complexity index is 700. The van der Waals surface area contributed by atoms with Gasteiger partial charge in [0, 0.05) is 5.02 Å². The van der Waals surface area contributed by atoms with E-state index >= 15 is 0 Å².